The smallest absolute Gasteiger partial charge is 0.191 e. The predicted octanol–water partition coefficient (Wildman–Crippen LogP) is 0.578. The van der Waals surface area contributed by atoms with Gasteiger partial charge in [0.05, 0.1) is 12.3 Å². The van der Waals surface area contributed by atoms with Crippen molar-refractivity contribution in [1.82, 2.24) is 25.3 Å². The number of aryl methyl sites for hydroxylation is 1. The van der Waals surface area contributed by atoms with Crippen molar-refractivity contribution in [2.75, 3.05) is 40.3 Å². The molecule has 1 aromatic heterocycles. The zero-order chi connectivity index (χ0) is 15.9. The van der Waals surface area contributed by atoms with Gasteiger partial charge in [0.25, 0.3) is 0 Å². The van der Waals surface area contributed by atoms with Gasteiger partial charge >= 0.3 is 0 Å². The van der Waals surface area contributed by atoms with Crippen LogP contribution in [0.5, 0.6) is 0 Å². The molecule has 0 amide bonds. The first kappa shape index (κ1) is 20.2. The maximum atomic E-state index is 10.1. The second kappa shape index (κ2) is 10.1. The van der Waals surface area contributed by atoms with Crippen LogP contribution < -0.4 is 10.6 Å². The van der Waals surface area contributed by atoms with E-state index in [0.29, 0.717) is 12.5 Å². The number of likely N-dealkylation sites (tertiary alicyclic amines) is 1. The first-order valence-corrected chi connectivity index (χ1v) is 7.88. The number of aromatic nitrogens is 2. The van der Waals surface area contributed by atoms with Crippen LogP contribution in [0.2, 0.25) is 0 Å². The van der Waals surface area contributed by atoms with Gasteiger partial charge in [-0.1, -0.05) is 0 Å². The maximum Gasteiger partial charge on any atom is 0.191 e. The third kappa shape index (κ3) is 6.64. The summed E-state index contributed by atoms with van der Waals surface area (Å²) in [5, 5.41) is 20.7. The third-order valence-corrected chi connectivity index (χ3v) is 4.19. The first-order chi connectivity index (χ1) is 10.6. The molecule has 8 heteroatoms. The Labute approximate surface area is 155 Å². The minimum atomic E-state index is -0.587. The van der Waals surface area contributed by atoms with Crippen LogP contribution in [0.1, 0.15) is 24.5 Å². The number of aliphatic imine (C=N–C) groups is 1. The predicted molar refractivity (Wildman–Crippen MR) is 103 cm³/mol. The summed E-state index contributed by atoms with van der Waals surface area (Å²) in [7, 11) is 5.76. The highest BCUT2D eigenvalue weighted by atomic mass is 127. The molecule has 0 spiro atoms. The van der Waals surface area contributed by atoms with Gasteiger partial charge in [-0.15, -0.1) is 24.0 Å². The molecule has 132 valence electrons. The molecule has 1 atom stereocenters. The van der Waals surface area contributed by atoms with Crippen molar-refractivity contribution >= 4 is 29.9 Å². The number of nitrogens with one attached hydrogen (secondary N) is 2. The number of rotatable bonds is 5. The van der Waals surface area contributed by atoms with Crippen molar-refractivity contribution in [3.8, 4) is 0 Å². The molecule has 2 heterocycles. The largest absolute Gasteiger partial charge is 0.386 e. The fourth-order valence-corrected chi connectivity index (χ4v) is 2.65. The fourth-order valence-electron chi connectivity index (χ4n) is 2.65. The van der Waals surface area contributed by atoms with Crippen LogP contribution in [0, 0.1) is 5.92 Å². The van der Waals surface area contributed by atoms with E-state index >= 15 is 0 Å². The Bertz CT molecular complexity index is 484. The second-order valence-electron chi connectivity index (χ2n) is 6.04. The standard InChI is InChI=1S/C15H28N6O.HI/c1-16-15(17-8-12-4-6-20(2)7-5-12)18-10-14(22)13-9-19-21(3)11-13;/h9,11-12,14,22H,4-8,10H2,1-3H3,(H2,16,17,18);1H. The van der Waals surface area contributed by atoms with Crippen molar-refractivity contribution in [2.45, 2.75) is 18.9 Å². The van der Waals surface area contributed by atoms with Crippen molar-refractivity contribution < 1.29 is 5.11 Å². The van der Waals surface area contributed by atoms with Crippen LogP contribution in [0.15, 0.2) is 17.4 Å². The van der Waals surface area contributed by atoms with Gasteiger partial charge in [0.15, 0.2) is 5.96 Å². The number of nitrogens with zero attached hydrogens (tertiary/aromatic N) is 4. The normalized spacial score (nSPS) is 18.3. The van der Waals surface area contributed by atoms with E-state index in [1.807, 2.05) is 13.2 Å². The maximum absolute atomic E-state index is 10.1. The van der Waals surface area contributed by atoms with Crippen LogP contribution in [0.3, 0.4) is 0 Å². The number of guanidine groups is 1. The average Bonchev–Trinajstić information content (AvgIpc) is 2.95. The summed E-state index contributed by atoms with van der Waals surface area (Å²) in [6, 6.07) is 0. The third-order valence-electron chi connectivity index (χ3n) is 4.19. The van der Waals surface area contributed by atoms with Crippen molar-refractivity contribution in [3.05, 3.63) is 18.0 Å². The molecule has 1 unspecified atom stereocenters. The van der Waals surface area contributed by atoms with Gasteiger partial charge < -0.3 is 20.6 Å². The lowest BCUT2D eigenvalue weighted by Gasteiger charge is -2.29. The summed E-state index contributed by atoms with van der Waals surface area (Å²) in [6.07, 6.45) is 5.36. The number of halogens is 1. The highest BCUT2D eigenvalue weighted by Gasteiger charge is 2.17. The van der Waals surface area contributed by atoms with E-state index in [2.05, 4.69) is 32.7 Å². The van der Waals surface area contributed by atoms with E-state index in [9.17, 15) is 5.11 Å². The van der Waals surface area contributed by atoms with Crippen molar-refractivity contribution in [1.29, 1.82) is 0 Å². The van der Waals surface area contributed by atoms with E-state index in [0.717, 1.165) is 31.2 Å². The monoisotopic (exact) mass is 436 g/mol. The molecule has 1 aromatic rings. The summed E-state index contributed by atoms with van der Waals surface area (Å²) in [5.74, 6) is 1.43. The van der Waals surface area contributed by atoms with Gasteiger partial charge in [0.1, 0.15) is 0 Å². The molecule has 0 aliphatic carbocycles. The molecule has 23 heavy (non-hydrogen) atoms. The highest BCUT2D eigenvalue weighted by Crippen LogP contribution is 2.14. The summed E-state index contributed by atoms with van der Waals surface area (Å²) in [5.41, 5.74) is 0.806. The Morgan fingerprint density at radius 1 is 1.39 bits per heavy atom. The Morgan fingerprint density at radius 2 is 2.09 bits per heavy atom. The molecule has 0 aromatic carbocycles. The van der Waals surface area contributed by atoms with E-state index in [-0.39, 0.29) is 24.0 Å². The van der Waals surface area contributed by atoms with Gasteiger partial charge in [0.2, 0.25) is 0 Å². The molecule has 0 radical (unpaired) electrons. The second-order valence-corrected chi connectivity index (χ2v) is 6.04. The quantitative estimate of drug-likeness (QED) is 0.358. The van der Waals surface area contributed by atoms with Crippen molar-refractivity contribution in [3.63, 3.8) is 0 Å². The molecule has 2 rings (SSSR count). The number of piperidine rings is 1. The zero-order valence-corrected chi connectivity index (χ0v) is 16.5. The highest BCUT2D eigenvalue weighted by molar-refractivity contribution is 14.0. The van der Waals surface area contributed by atoms with Gasteiger partial charge in [-0.05, 0) is 38.9 Å². The SMILES string of the molecule is CN=C(NCC1CCN(C)CC1)NCC(O)c1cnn(C)c1.I. The van der Waals surface area contributed by atoms with E-state index in [4.69, 9.17) is 0 Å². The lowest BCUT2D eigenvalue weighted by molar-refractivity contribution is 0.180. The lowest BCUT2D eigenvalue weighted by Crippen LogP contribution is -2.43. The molecular formula is C15H29IN6O. The van der Waals surface area contributed by atoms with Crippen LogP contribution in [0.25, 0.3) is 0 Å². The molecule has 3 N–H and O–H groups in total. The molecule has 0 saturated carbocycles. The van der Waals surface area contributed by atoms with Crippen molar-refractivity contribution in [2.24, 2.45) is 18.0 Å². The van der Waals surface area contributed by atoms with Gasteiger partial charge in [-0.3, -0.25) is 9.67 Å². The van der Waals surface area contributed by atoms with E-state index in [1.54, 1.807) is 17.9 Å². The summed E-state index contributed by atoms with van der Waals surface area (Å²) < 4.78 is 1.69. The van der Waals surface area contributed by atoms with Crippen LogP contribution in [0.4, 0.5) is 0 Å². The molecule has 1 aliphatic heterocycles. The molecular weight excluding hydrogens is 407 g/mol. The minimum Gasteiger partial charge on any atom is -0.386 e. The fraction of sp³-hybridized carbons (Fsp3) is 0.733. The van der Waals surface area contributed by atoms with Gasteiger partial charge in [0, 0.05) is 38.9 Å². The zero-order valence-electron chi connectivity index (χ0n) is 14.2. The van der Waals surface area contributed by atoms with Crippen LogP contribution in [-0.4, -0.2) is 66.0 Å². The van der Waals surface area contributed by atoms with E-state index < -0.39 is 6.10 Å². The lowest BCUT2D eigenvalue weighted by atomic mass is 9.97. The average molecular weight is 436 g/mol. The number of aliphatic hydroxyl groups excluding tert-OH is 1. The Kier molecular flexibility index (Phi) is 8.85. The van der Waals surface area contributed by atoms with Crippen LogP contribution >= 0.6 is 24.0 Å². The number of hydrogen-bond donors (Lipinski definition) is 3. The number of aliphatic hydroxyl groups is 1. The molecule has 1 saturated heterocycles. The molecule has 0 bridgehead atoms. The Hall–Kier alpha value is -0.870. The Balaban J connectivity index is 0.00000264. The molecule has 7 nitrogen and oxygen atoms in total. The molecule has 1 aliphatic rings. The van der Waals surface area contributed by atoms with E-state index in [1.165, 1.54) is 12.8 Å². The van der Waals surface area contributed by atoms with Gasteiger partial charge in [-0.25, -0.2) is 0 Å². The summed E-state index contributed by atoms with van der Waals surface area (Å²) in [6.45, 7) is 3.67. The summed E-state index contributed by atoms with van der Waals surface area (Å²) >= 11 is 0. The first-order valence-electron chi connectivity index (χ1n) is 7.88. The molecule has 1 fully saturated rings. The number of hydrogen-bond acceptors (Lipinski definition) is 4. The van der Waals surface area contributed by atoms with Crippen LogP contribution in [-0.2, 0) is 7.05 Å². The van der Waals surface area contributed by atoms with Gasteiger partial charge in [-0.2, -0.15) is 5.10 Å². The topological polar surface area (TPSA) is 77.7 Å². The summed E-state index contributed by atoms with van der Waals surface area (Å²) in [4.78, 5) is 6.58. The minimum absolute atomic E-state index is 0. The Morgan fingerprint density at radius 3 is 2.65 bits per heavy atom.